The third-order valence-electron chi connectivity index (χ3n) is 4.65. The molecule has 17 heteroatoms. The van der Waals surface area contributed by atoms with Gasteiger partial charge in [-0.25, -0.2) is 3.63 Å². The van der Waals surface area contributed by atoms with E-state index in [2.05, 4.69) is 3.63 Å². The van der Waals surface area contributed by atoms with Gasteiger partial charge in [0.2, 0.25) is 0 Å². The molecule has 0 aliphatic heterocycles. The number of halogens is 11. The minimum atomic E-state index is -7.92. The Bertz CT molecular complexity index is 1260. The predicted molar refractivity (Wildman–Crippen MR) is 108 cm³/mol. The molecule has 0 unspecified atom stereocenters. The molecule has 0 fully saturated rings. The number of benzene rings is 2. The molecule has 4 nitrogen and oxygen atoms in total. The summed E-state index contributed by atoms with van der Waals surface area (Å²) in [6, 6.07) is 10.5. The van der Waals surface area contributed by atoms with Crippen molar-refractivity contribution in [3.63, 3.8) is 0 Å². The van der Waals surface area contributed by atoms with Crippen LogP contribution in [0.2, 0.25) is 0 Å². The van der Waals surface area contributed by atoms with Crippen LogP contribution in [-0.2, 0) is 13.7 Å². The summed E-state index contributed by atoms with van der Waals surface area (Å²) in [7, 11) is -11.0. The van der Waals surface area contributed by atoms with E-state index in [-0.39, 0.29) is 5.56 Å². The molecule has 204 valence electrons. The van der Waals surface area contributed by atoms with Crippen molar-refractivity contribution in [2.75, 3.05) is 18.3 Å². The second-order valence-electron chi connectivity index (χ2n) is 7.83. The summed E-state index contributed by atoms with van der Waals surface area (Å²) < 4.78 is 173. The molecule has 0 aliphatic carbocycles. The number of hydrogen-bond donors (Lipinski definition) is 0. The van der Waals surface area contributed by atoms with E-state index in [0.717, 1.165) is 0 Å². The van der Waals surface area contributed by atoms with Crippen LogP contribution in [0.3, 0.4) is 0 Å². The Kier molecular flexibility index (Phi) is 7.53. The van der Waals surface area contributed by atoms with E-state index in [9.17, 15) is 61.5 Å². The lowest BCUT2D eigenvalue weighted by Crippen LogP contribution is -2.68. The summed E-state index contributed by atoms with van der Waals surface area (Å²) in [6.07, 6.45) is -6.11. The molecule has 0 atom stereocenters. The van der Waals surface area contributed by atoms with Gasteiger partial charge in [0.1, 0.15) is 0 Å². The third kappa shape index (κ3) is 5.01. The molecule has 0 spiro atoms. The van der Waals surface area contributed by atoms with Crippen LogP contribution >= 0.6 is 10.3 Å². The molecular formula is C19H15F11O4S2. The van der Waals surface area contributed by atoms with Gasteiger partial charge in [-0.1, -0.05) is 36.4 Å². The van der Waals surface area contributed by atoms with Crippen LogP contribution < -0.4 is 0 Å². The molecule has 2 aromatic rings. The van der Waals surface area contributed by atoms with Gasteiger partial charge in [0, 0.05) is 5.56 Å². The predicted octanol–water partition coefficient (Wildman–Crippen LogP) is 6.41. The Labute approximate surface area is 198 Å². The Morgan fingerprint density at radius 1 is 0.750 bits per heavy atom. The summed E-state index contributed by atoms with van der Waals surface area (Å²) >= 11 is 0. The number of fused-ring (bicyclic) bond motifs is 1. The molecule has 36 heavy (non-hydrogen) atoms. The zero-order valence-corrected chi connectivity index (χ0v) is 19.5. The van der Waals surface area contributed by atoms with Gasteiger partial charge < -0.3 is 0 Å². The normalized spacial score (nSPS) is 15.2. The number of carbonyl (C=O) groups is 1. The SMILES string of the molecule is CS(C)(CC(=O)c1ccc2ccccc2c1)OS(=O)(=O)C(F)(F)C(F)(F)C(F)(F)C(F)(F)C(F)(F)F. The van der Waals surface area contributed by atoms with Gasteiger partial charge in [-0.2, -0.15) is 56.7 Å². The Morgan fingerprint density at radius 3 is 1.75 bits per heavy atom. The van der Waals surface area contributed by atoms with Gasteiger partial charge in [0.05, 0.1) is 5.75 Å². The number of hydrogen-bond acceptors (Lipinski definition) is 4. The van der Waals surface area contributed by atoms with Crippen molar-refractivity contribution >= 4 is 37.0 Å². The highest BCUT2D eigenvalue weighted by Crippen LogP contribution is 2.60. The van der Waals surface area contributed by atoms with E-state index in [1.807, 2.05) is 0 Å². The maximum Gasteiger partial charge on any atom is 0.460 e. The standard InChI is InChI=1S/C19H15F11O4S2/c1-35(2,10-14(31)13-8-7-11-5-3-4-6-12(11)9-13)34-36(32,33)19(29,30)17(24,25)15(20,21)16(22,23)18(26,27)28/h3-9H,10H2,1-2H3. The minimum absolute atomic E-state index is 0.108. The van der Waals surface area contributed by atoms with E-state index >= 15 is 0 Å². The largest absolute Gasteiger partial charge is 0.460 e. The van der Waals surface area contributed by atoms with Crippen molar-refractivity contribution in [2.45, 2.75) is 29.2 Å². The average Bonchev–Trinajstić information content (AvgIpc) is 2.70. The maximum atomic E-state index is 14.0. The number of carbonyl (C=O) groups excluding carboxylic acids is 1. The molecule has 0 heterocycles. The molecule has 0 saturated heterocycles. The maximum absolute atomic E-state index is 14.0. The van der Waals surface area contributed by atoms with E-state index < -0.39 is 61.2 Å². The monoisotopic (exact) mass is 580 g/mol. The molecule has 0 N–H and O–H groups in total. The number of Topliss-reactive ketones (excluding diaryl/α,β-unsaturated/α-hetero) is 1. The lowest BCUT2D eigenvalue weighted by molar-refractivity contribution is -0.413. The average molecular weight is 580 g/mol. The van der Waals surface area contributed by atoms with Crippen LogP contribution in [0.25, 0.3) is 10.8 Å². The van der Waals surface area contributed by atoms with Crippen LogP contribution in [0, 0.1) is 0 Å². The molecule has 2 aromatic carbocycles. The summed E-state index contributed by atoms with van der Waals surface area (Å²) in [5.41, 5.74) is -0.108. The molecule has 2 rings (SSSR count). The van der Waals surface area contributed by atoms with Gasteiger partial charge in [-0.3, -0.25) is 4.79 Å². The number of ketones is 1. The van der Waals surface area contributed by atoms with E-state index in [0.29, 0.717) is 23.3 Å². The second kappa shape index (κ2) is 9.01. The fourth-order valence-corrected chi connectivity index (χ4v) is 6.50. The van der Waals surface area contributed by atoms with Crippen molar-refractivity contribution in [3.05, 3.63) is 48.0 Å². The second-order valence-corrected chi connectivity index (χ2v) is 13.0. The highest BCUT2D eigenvalue weighted by Gasteiger charge is 2.90. The molecule has 0 bridgehead atoms. The fourth-order valence-electron chi connectivity index (χ4n) is 2.79. The highest BCUT2D eigenvalue weighted by molar-refractivity contribution is 8.32. The summed E-state index contributed by atoms with van der Waals surface area (Å²) in [6.45, 7) is 0. The van der Waals surface area contributed by atoms with Crippen molar-refractivity contribution in [1.29, 1.82) is 0 Å². The topological polar surface area (TPSA) is 60.4 Å². The molecule has 0 amide bonds. The van der Waals surface area contributed by atoms with Crippen LogP contribution in [0.1, 0.15) is 10.4 Å². The van der Waals surface area contributed by atoms with Crippen molar-refractivity contribution in [3.8, 4) is 0 Å². The van der Waals surface area contributed by atoms with Crippen LogP contribution in [-0.4, -0.2) is 61.7 Å². The van der Waals surface area contributed by atoms with Crippen molar-refractivity contribution in [2.24, 2.45) is 0 Å². The molecule has 0 aliphatic rings. The van der Waals surface area contributed by atoms with Crippen LogP contribution in [0.5, 0.6) is 0 Å². The summed E-state index contributed by atoms with van der Waals surface area (Å²) in [5, 5.41) is -6.09. The van der Waals surface area contributed by atoms with Gasteiger partial charge in [0.25, 0.3) is 0 Å². The molecule has 0 aromatic heterocycles. The zero-order chi connectivity index (χ0) is 28.2. The zero-order valence-electron chi connectivity index (χ0n) is 17.9. The van der Waals surface area contributed by atoms with E-state index in [1.165, 1.54) is 18.2 Å². The Morgan fingerprint density at radius 2 is 1.25 bits per heavy atom. The van der Waals surface area contributed by atoms with Crippen molar-refractivity contribution < 1.29 is 65.1 Å². The Balaban J connectivity index is 2.36. The first-order chi connectivity index (χ1) is 15.9. The smallest absolute Gasteiger partial charge is 0.293 e. The van der Waals surface area contributed by atoms with Gasteiger partial charge in [-0.15, -0.1) is 10.3 Å². The third-order valence-corrected chi connectivity index (χ3v) is 8.68. The van der Waals surface area contributed by atoms with E-state index in [1.54, 1.807) is 24.3 Å². The van der Waals surface area contributed by atoms with Gasteiger partial charge >= 0.3 is 39.3 Å². The Hall–Kier alpha value is -2.14. The minimum Gasteiger partial charge on any atom is -0.293 e. The molecule has 0 saturated carbocycles. The van der Waals surface area contributed by atoms with E-state index in [4.69, 9.17) is 0 Å². The fraction of sp³-hybridized carbons (Fsp3) is 0.421. The van der Waals surface area contributed by atoms with Gasteiger partial charge in [0.15, 0.2) is 5.78 Å². The lowest BCUT2D eigenvalue weighted by Gasteiger charge is -2.38. The first-order valence-corrected chi connectivity index (χ1v) is 13.1. The number of alkyl halides is 11. The number of rotatable bonds is 9. The van der Waals surface area contributed by atoms with Crippen LogP contribution in [0.15, 0.2) is 42.5 Å². The molecule has 0 radical (unpaired) electrons. The highest BCUT2D eigenvalue weighted by atomic mass is 32.3. The first kappa shape index (κ1) is 30.1. The molecular weight excluding hydrogens is 565 g/mol. The first-order valence-electron chi connectivity index (χ1n) is 9.18. The van der Waals surface area contributed by atoms with Gasteiger partial charge in [-0.05, 0) is 29.4 Å². The van der Waals surface area contributed by atoms with Crippen molar-refractivity contribution in [1.82, 2.24) is 0 Å². The van der Waals surface area contributed by atoms with Crippen LogP contribution in [0.4, 0.5) is 48.3 Å². The lowest BCUT2D eigenvalue weighted by atomic mass is 10.0. The quantitative estimate of drug-likeness (QED) is 0.254. The summed E-state index contributed by atoms with van der Waals surface area (Å²) in [4.78, 5) is 12.5. The summed E-state index contributed by atoms with van der Waals surface area (Å²) in [5.74, 6) is -25.5.